The van der Waals surface area contributed by atoms with Gasteiger partial charge in [0.25, 0.3) is 0 Å². The topological polar surface area (TPSA) is 99.8 Å². The quantitative estimate of drug-likeness (QED) is 0.698. The molecule has 0 saturated heterocycles. The van der Waals surface area contributed by atoms with E-state index < -0.39 is 0 Å². The number of hydrogen-bond acceptors (Lipinski definition) is 5. The zero-order chi connectivity index (χ0) is 20.3. The summed E-state index contributed by atoms with van der Waals surface area (Å²) in [5.41, 5.74) is 6.34. The van der Waals surface area contributed by atoms with Crippen molar-refractivity contribution in [3.05, 3.63) is 52.3 Å². The van der Waals surface area contributed by atoms with E-state index in [9.17, 15) is 10.5 Å². The number of hydrogen-bond donors (Lipinski definition) is 1. The van der Waals surface area contributed by atoms with Gasteiger partial charge in [0.15, 0.2) is 11.5 Å². The van der Waals surface area contributed by atoms with Crippen molar-refractivity contribution in [2.45, 2.75) is 19.9 Å². The Hall–Kier alpha value is -3.97. The van der Waals surface area contributed by atoms with Crippen LogP contribution in [0.1, 0.15) is 22.5 Å². The molecule has 0 unspecified atom stereocenters. The van der Waals surface area contributed by atoms with Gasteiger partial charge in [-0.05, 0) is 43.2 Å². The molecule has 0 fully saturated rings. The van der Waals surface area contributed by atoms with Crippen molar-refractivity contribution in [1.29, 1.82) is 15.9 Å². The molecule has 3 aromatic rings. The number of pyridine rings is 1. The summed E-state index contributed by atoms with van der Waals surface area (Å²) in [7, 11) is 1.83. The summed E-state index contributed by atoms with van der Waals surface area (Å²) in [5, 5.41) is 27.9. The maximum absolute atomic E-state index is 9.82. The van der Waals surface area contributed by atoms with Crippen LogP contribution < -0.4 is 15.0 Å². The van der Waals surface area contributed by atoms with Gasteiger partial charge in [-0.1, -0.05) is 0 Å². The summed E-state index contributed by atoms with van der Waals surface area (Å²) in [5.74, 6) is 1.44. The highest BCUT2D eigenvalue weighted by Gasteiger charge is 2.25. The largest absolute Gasteiger partial charge is 0.454 e. The summed E-state index contributed by atoms with van der Waals surface area (Å²) >= 11 is 0. The van der Waals surface area contributed by atoms with Crippen molar-refractivity contribution in [3.63, 3.8) is 0 Å². The third-order valence-corrected chi connectivity index (χ3v) is 5.88. The summed E-state index contributed by atoms with van der Waals surface area (Å²) in [6, 6.07) is 12.1. The average Bonchev–Trinajstić information content (AvgIpc) is 3.30. The van der Waals surface area contributed by atoms with E-state index in [1.54, 1.807) is 10.6 Å². The molecular weight excluding hydrogens is 366 g/mol. The summed E-state index contributed by atoms with van der Waals surface area (Å²) in [6.07, 6.45) is 0.753. The smallest absolute Gasteiger partial charge is 0.231 e. The lowest BCUT2D eigenvalue weighted by Crippen LogP contribution is -2.28. The molecule has 2 aliphatic rings. The minimum atomic E-state index is 0.185. The molecule has 0 bridgehead atoms. The first-order valence-corrected chi connectivity index (χ1v) is 9.25. The Morgan fingerprint density at radius 3 is 2.45 bits per heavy atom. The van der Waals surface area contributed by atoms with Crippen LogP contribution in [0.4, 0.5) is 0 Å². The molecule has 4 heterocycles. The number of fused-ring (bicyclic) bond motifs is 4. The molecule has 142 valence electrons. The first kappa shape index (κ1) is 17.2. The van der Waals surface area contributed by atoms with Crippen LogP contribution in [-0.2, 0) is 20.0 Å². The molecule has 0 spiro atoms. The molecule has 2 aromatic heterocycles. The maximum atomic E-state index is 9.82. The Labute approximate surface area is 167 Å². The predicted octanol–water partition coefficient (Wildman–Crippen LogP) is 2.98. The van der Waals surface area contributed by atoms with Crippen molar-refractivity contribution in [1.82, 2.24) is 9.13 Å². The lowest BCUT2D eigenvalue weighted by molar-refractivity contribution is 0.174. The number of benzene rings is 1. The number of nitrogens with zero attached hydrogens (tertiary/aromatic N) is 4. The normalized spacial score (nSPS) is 13.4. The molecule has 0 atom stereocenters. The van der Waals surface area contributed by atoms with Gasteiger partial charge in [-0.15, -0.1) is 0 Å². The molecule has 1 N–H and O–H groups in total. The predicted molar refractivity (Wildman–Crippen MR) is 104 cm³/mol. The van der Waals surface area contributed by atoms with Gasteiger partial charge in [0, 0.05) is 36.0 Å². The molecule has 29 heavy (non-hydrogen) atoms. The standard InChI is InChI=1S/C22H17N5O2/c1-12-15(6-14(9-23)26(12)2)17-7-19-16-8-21-20(28-11-29-21)5-13(16)3-4-27(19)22(25)18(17)10-24/h5-8,25H,3-4,11H2,1-2H3. The first-order chi connectivity index (χ1) is 14.0. The van der Waals surface area contributed by atoms with E-state index in [-0.39, 0.29) is 12.3 Å². The number of aryl methyl sites for hydroxylation is 1. The van der Waals surface area contributed by atoms with Gasteiger partial charge in [-0.25, -0.2) is 0 Å². The van der Waals surface area contributed by atoms with E-state index in [2.05, 4.69) is 12.1 Å². The minimum absolute atomic E-state index is 0.185. The van der Waals surface area contributed by atoms with Crippen molar-refractivity contribution in [2.24, 2.45) is 7.05 Å². The van der Waals surface area contributed by atoms with Crippen LogP contribution in [0.25, 0.3) is 22.4 Å². The molecular formula is C22H17N5O2. The highest BCUT2D eigenvalue weighted by atomic mass is 16.7. The lowest BCUT2D eigenvalue weighted by Gasteiger charge is -2.24. The fourth-order valence-electron chi connectivity index (χ4n) is 4.19. The zero-order valence-corrected chi connectivity index (χ0v) is 16.0. The van der Waals surface area contributed by atoms with Crippen LogP contribution in [0.2, 0.25) is 0 Å². The Morgan fingerprint density at radius 1 is 1.00 bits per heavy atom. The van der Waals surface area contributed by atoms with E-state index in [4.69, 9.17) is 14.9 Å². The summed E-state index contributed by atoms with van der Waals surface area (Å²) in [6.45, 7) is 2.74. The SMILES string of the molecule is Cc1c(-c2cc3n(c(=N)c2C#N)CCc2cc4c(cc2-3)OCO4)cc(C#N)n1C. The van der Waals surface area contributed by atoms with E-state index in [1.165, 1.54) is 0 Å². The molecule has 0 radical (unpaired) electrons. The van der Waals surface area contributed by atoms with Gasteiger partial charge in [-0.3, -0.25) is 5.41 Å². The van der Waals surface area contributed by atoms with E-state index in [0.29, 0.717) is 29.1 Å². The van der Waals surface area contributed by atoms with Gasteiger partial charge in [0.1, 0.15) is 28.9 Å². The van der Waals surface area contributed by atoms with Gasteiger partial charge in [-0.2, -0.15) is 10.5 Å². The molecule has 1 aromatic carbocycles. The third kappa shape index (κ3) is 2.31. The molecule has 5 rings (SSSR count). The van der Waals surface area contributed by atoms with Crippen LogP contribution in [0.15, 0.2) is 24.3 Å². The van der Waals surface area contributed by atoms with Crippen molar-refractivity contribution < 1.29 is 9.47 Å². The van der Waals surface area contributed by atoms with Crippen molar-refractivity contribution in [2.75, 3.05) is 6.79 Å². The molecule has 0 saturated carbocycles. The molecule has 0 amide bonds. The number of rotatable bonds is 1. The van der Waals surface area contributed by atoms with E-state index in [1.807, 2.05) is 36.7 Å². The fraction of sp³-hybridized carbons (Fsp3) is 0.227. The Kier molecular flexibility index (Phi) is 3.56. The number of nitriles is 2. The van der Waals surface area contributed by atoms with Crippen molar-refractivity contribution in [3.8, 4) is 46.0 Å². The Bertz CT molecular complexity index is 1350. The monoisotopic (exact) mass is 383 g/mol. The Balaban J connectivity index is 1.82. The molecule has 7 heteroatoms. The van der Waals surface area contributed by atoms with Gasteiger partial charge >= 0.3 is 0 Å². The van der Waals surface area contributed by atoms with Gasteiger partial charge in [0.2, 0.25) is 6.79 Å². The number of nitrogens with one attached hydrogen (secondary N) is 1. The average molecular weight is 383 g/mol. The van der Waals surface area contributed by atoms with Crippen LogP contribution >= 0.6 is 0 Å². The van der Waals surface area contributed by atoms with Gasteiger partial charge < -0.3 is 18.6 Å². The lowest BCUT2D eigenvalue weighted by atomic mass is 9.92. The second kappa shape index (κ2) is 6.02. The maximum Gasteiger partial charge on any atom is 0.231 e. The van der Waals surface area contributed by atoms with E-state index >= 15 is 0 Å². The minimum Gasteiger partial charge on any atom is -0.454 e. The van der Waals surface area contributed by atoms with Crippen LogP contribution in [0.3, 0.4) is 0 Å². The summed E-state index contributed by atoms with van der Waals surface area (Å²) in [4.78, 5) is 0. The fourth-order valence-corrected chi connectivity index (χ4v) is 4.19. The van der Waals surface area contributed by atoms with Crippen LogP contribution in [0.5, 0.6) is 11.5 Å². The zero-order valence-electron chi connectivity index (χ0n) is 16.0. The van der Waals surface area contributed by atoms with Gasteiger partial charge in [0.05, 0.1) is 5.69 Å². The third-order valence-electron chi connectivity index (χ3n) is 5.88. The van der Waals surface area contributed by atoms with E-state index in [0.717, 1.165) is 40.2 Å². The first-order valence-electron chi connectivity index (χ1n) is 9.25. The van der Waals surface area contributed by atoms with Crippen molar-refractivity contribution >= 4 is 0 Å². The molecule has 7 nitrogen and oxygen atoms in total. The van der Waals surface area contributed by atoms with Crippen LogP contribution in [-0.4, -0.2) is 15.9 Å². The number of aromatic nitrogens is 2. The van der Waals surface area contributed by atoms with Crippen LogP contribution in [0, 0.1) is 35.0 Å². The Morgan fingerprint density at radius 2 is 1.76 bits per heavy atom. The number of ether oxygens (including phenoxy) is 2. The highest BCUT2D eigenvalue weighted by molar-refractivity contribution is 5.80. The summed E-state index contributed by atoms with van der Waals surface area (Å²) < 4.78 is 14.7. The molecule has 0 aliphatic carbocycles. The second-order valence-electron chi connectivity index (χ2n) is 7.24. The second-order valence-corrected chi connectivity index (χ2v) is 7.24. The highest BCUT2D eigenvalue weighted by Crippen LogP contribution is 2.41. The molecule has 2 aliphatic heterocycles.